The first-order chi connectivity index (χ1) is 13.8. The van der Waals surface area contributed by atoms with Crippen molar-refractivity contribution in [3.63, 3.8) is 0 Å². The molecule has 0 spiro atoms. The highest BCUT2D eigenvalue weighted by Gasteiger charge is 2.45. The van der Waals surface area contributed by atoms with Gasteiger partial charge in [0.15, 0.2) is 9.84 Å². The van der Waals surface area contributed by atoms with Crippen molar-refractivity contribution in [2.24, 2.45) is 0 Å². The Morgan fingerprint density at radius 3 is 2.43 bits per heavy atom. The predicted molar refractivity (Wildman–Crippen MR) is 117 cm³/mol. The van der Waals surface area contributed by atoms with Crippen LogP contribution in [-0.4, -0.2) is 46.0 Å². The van der Waals surface area contributed by atoms with Crippen LogP contribution in [-0.2, 0) is 24.7 Å². The molecule has 2 aromatic carbocycles. The van der Waals surface area contributed by atoms with Crippen LogP contribution >= 0.6 is 11.8 Å². The third-order valence-electron chi connectivity index (χ3n) is 4.65. The van der Waals surface area contributed by atoms with E-state index < -0.39 is 36.6 Å². The normalized spacial score (nSPS) is 21.0. The van der Waals surface area contributed by atoms with E-state index in [2.05, 4.69) is 10.0 Å². The topological polar surface area (TPSA) is 130 Å². The molecule has 0 radical (unpaired) electrons. The lowest BCUT2D eigenvalue weighted by Crippen LogP contribution is -2.37. The number of carboxylic acid groups (broad SMARTS) is 1. The molecule has 1 heterocycles. The molecule has 0 saturated heterocycles. The van der Waals surface area contributed by atoms with Crippen LogP contribution in [0, 0.1) is 0 Å². The molecule has 3 N–H and O–H groups in total. The Balaban J connectivity index is 2.11. The van der Waals surface area contributed by atoms with Crippen LogP contribution in [0.25, 0.3) is 0 Å². The zero-order valence-corrected chi connectivity index (χ0v) is 19.0. The Hall–Kier alpha value is -2.24. The van der Waals surface area contributed by atoms with Gasteiger partial charge in [0.1, 0.15) is 0 Å². The van der Waals surface area contributed by atoms with E-state index in [1.807, 2.05) is 0 Å². The number of sulfonamides is 1. The molecule has 1 aliphatic heterocycles. The molecule has 162 valence electrons. The monoisotopic (exact) mass is 470 g/mol. The molecule has 0 aromatic heterocycles. The highest BCUT2D eigenvalue weighted by Crippen LogP contribution is 2.54. The van der Waals surface area contributed by atoms with Gasteiger partial charge >= 0.3 is 5.97 Å². The number of rotatable bonds is 7. The fourth-order valence-corrected chi connectivity index (χ4v) is 6.75. The number of hydrogen-bond donors (Lipinski definition) is 3. The van der Waals surface area contributed by atoms with Crippen LogP contribution in [0.15, 0.2) is 52.3 Å². The van der Waals surface area contributed by atoms with Gasteiger partial charge in [0, 0.05) is 22.5 Å². The second-order valence-electron chi connectivity index (χ2n) is 7.51. The summed E-state index contributed by atoms with van der Waals surface area (Å²) >= 11 is 1.24. The van der Waals surface area contributed by atoms with Gasteiger partial charge in [-0.25, -0.2) is 16.8 Å². The molecule has 1 aliphatic rings. The van der Waals surface area contributed by atoms with Crippen molar-refractivity contribution < 1.29 is 26.7 Å². The maximum Gasteiger partial charge on any atom is 0.305 e. The lowest BCUT2D eigenvalue weighted by molar-refractivity contribution is -0.138. The van der Waals surface area contributed by atoms with Crippen molar-refractivity contribution in [3.8, 4) is 0 Å². The fraction of sp³-hybridized carbons (Fsp3) is 0.316. The van der Waals surface area contributed by atoms with Gasteiger partial charge in [-0.1, -0.05) is 12.1 Å². The number of nitrogens with one attached hydrogen (secondary N) is 2. The van der Waals surface area contributed by atoms with E-state index in [-0.39, 0.29) is 11.3 Å². The average molecular weight is 471 g/mol. The van der Waals surface area contributed by atoms with Crippen LogP contribution < -0.4 is 10.0 Å². The van der Waals surface area contributed by atoms with Crippen LogP contribution in [0.3, 0.4) is 0 Å². The summed E-state index contributed by atoms with van der Waals surface area (Å²) in [5, 5.41) is 12.2. The maximum absolute atomic E-state index is 12.2. The largest absolute Gasteiger partial charge is 0.481 e. The van der Waals surface area contributed by atoms with E-state index in [1.165, 1.54) is 17.8 Å². The summed E-state index contributed by atoms with van der Waals surface area (Å²) in [5.41, 5.74) is 0.792. The number of thioether (sulfide) groups is 1. The standard InChI is InChI=1S/C19H22N2O6S3/c1-19(11-17(22)23)18(28-15-6-4-5-7-16(15)29(2,24)25)13-10-12(21-30(3,26)27)8-9-14(13)20-19/h4-10,18,20-21H,11H2,1-3H3,(H,22,23). The Labute approximate surface area is 180 Å². The lowest BCUT2D eigenvalue weighted by atomic mass is 9.93. The third-order valence-corrected chi connectivity index (χ3v) is 8.16. The molecule has 3 rings (SSSR count). The Kier molecular flexibility index (Phi) is 5.82. The first-order valence-corrected chi connectivity index (χ1v) is 13.5. The van der Waals surface area contributed by atoms with Gasteiger partial charge in [0.05, 0.1) is 28.4 Å². The number of carboxylic acids is 1. The molecule has 2 atom stereocenters. The highest BCUT2D eigenvalue weighted by atomic mass is 32.2. The summed E-state index contributed by atoms with van der Waals surface area (Å²) in [6.07, 6.45) is 1.95. The van der Waals surface area contributed by atoms with Crippen LogP contribution in [0.2, 0.25) is 0 Å². The van der Waals surface area contributed by atoms with Gasteiger partial charge in [-0.05, 0) is 42.8 Å². The SMILES string of the molecule is CC1(CC(=O)O)Nc2ccc(NS(C)(=O)=O)cc2C1Sc1ccccc1S(C)(=O)=O. The van der Waals surface area contributed by atoms with Gasteiger partial charge in [-0.3, -0.25) is 9.52 Å². The number of aliphatic carboxylic acids is 1. The highest BCUT2D eigenvalue weighted by molar-refractivity contribution is 8.00. The summed E-state index contributed by atoms with van der Waals surface area (Å²) in [5.74, 6) is -1.01. The van der Waals surface area contributed by atoms with Gasteiger partial charge in [0.2, 0.25) is 10.0 Å². The van der Waals surface area contributed by atoms with Crippen LogP contribution in [0.4, 0.5) is 11.4 Å². The van der Waals surface area contributed by atoms with Crippen molar-refractivity contribution in [1.29, 1.82) is 0 Å². The van der Waals surface area contributed by atoms with Gasteiger partial charge in [-0.2, -0.15) is 0 Å². The third kappa shape index (κ3) is 4.90. The summed E-state index contributed by atoms with van der Waals surface area (Å²) in [4.78, 5) is 12.2. The van der Waals surface area contributed by atoms with Gasteiger partial charge in [0.25, 0.3) is 0 Å². The average Bonchev–Trinajstić information content (AvgIpc) is 2.84. The molecule has 2 aromatic rings. The molecule has 0 fully saturated rings. The minimum Gasteiger partial charge on any atom is -0.481 e. The number of benzene rings is 2. The quantitative estimate of drug-likeness (QED) is 0.563. The summed E-state index contributed by atoms with van der Waals surface area (Å²) < 4.78 is 50.1. The second-order valence-corrected chi connectivity index (χ2v) is 12.4. The number of fused-ring (bicyclic) bond motifs is 1. The Bertz CT molecular complexity index is 1210. The number of carbonyl (C=O) groups is 1. The van der Waals surface area contributed by atoms with E-state index in [0.29, 0.717) is 21.8 Å². The Morgan fingerprint density at radius 1 is 1.17 bits per heavy atom. The van der Waals surface area contributed by atoms with Gasteiger partial charge < -0.3 is 10.4 Å². The zero-order valence-electron chi connectivity index (χ0n) is 16.5. The fourth-order valence-electron chi connectivity index (χ4n) is 3.51. The molecular weight excluding hydrogens is 448 g/mol. The van der Waals surface area contributed by atoms with E-state index in [4.69, 9.17) is 0 Å². The first-order valence-electron chi connectivity index (χ1n) is 8.86. The molecule has 0 amide bonds. The van der Waals surface area contributed by atoms with Gasteiger partial charge in [-0.15, -0.1) is 11.8 Å². The van der Waals surface area contributed by atoms with Crippen molar-refractivity contribution in [2.75, 3.05) is 22.6 Å². The molecule has 0 saturated carbocycles. The Morgan fingerprint density at radius 2 is 1.83 bits per heavy atom. The van der Waals surface area contributed by atoms with Crippen molar-refractivity contribution in [2.45, 2.75) is 33.9 Å². The molecule has 11 heteroatoms. The van der Waals surface area contributed by atoms with E-state index in [0.717, 1.165) is 12.5 Å². The lowest BCUT2D eigenvalue weighted by Gasteiger charge is -2.31. The molecule has 30 heavy (non-hydrogen) atoms. The second kappa shape index (κ2) is 7.78. The maximum atomic E-state index is 12.2. The van der Waals surface area contributed by atoms with Crippen molar-refractivity contribution in [1.82, 2.24) is 0 Å². The smallest absolute Gasteiger partial charge is 0.305 e. The minimum atomic E-state index is -3.50. The van der Waals surface area contributed by atoms with E-state index >= 15 is 0 Å². The van der Waals surface area contributed by atoms with Crippen LogP contribution in [0.1, 0.15) is 24.2 Å². The van der Waals surface area contributed by atoms with E-state index in [1.54, 1.807) is 43.3 Å². The summed E-state index contributed by atoms with van der Waals surface area (Å²) in [6, 6.07) is 11.5. The number of hydrogen-bond acceptors (Lipinski definition) is 7. The van der Waals surface area contributed by atoms with Crippen molar-refractivity contribution in [3.05, 3.63) is 48.0 Å². The van der Waals surface area contributed by atoms with Crippen molar-refractivity contribution >= 4 is 49.0 Å². The zero-order chi connectivity index (χ0) is 22.3. The first kappa shape index (κ1) is 22.4. The number of anilines is 2. The summed E-state index contributed by atoms with van der Waals surface area (Å²) in [7, 11) is -6.99. The molecular formula is C19H22N2O6S3. The summed E-state index contributed by atoms with van der Waals surface area (Å²) in [6.45, 7) is 1.76. The molecule has 0 aliphatic carbocycles. The minimum absolute atomic E-state index is 0.159. The molecule has 2 unspecified atom stereocenters. The molecule has 0 bridgehead atoms. The van der Waals surface area contributed by atoms with Crippen LogP contribution in [0.5, 0.6) is 0 Å². The predicted octanol–water partition coefficient (Wildman–Crippen LogP) is 2.95. The number of sulfone groups is 1. The molecule has 8 nitrogen and oxygen atoms in total. The van der Waals surface area contributed by atoms with E-state index in [9.17, 15) is 26.7 Å².